The first-order valence-electron chi connectivity index (χ1n) is 5.89. The third kappa shape index (κ3) is 5.29. The molecule has 0 bridgehead atoms. The fourth-order valence-electron chi connectivity index (χ4n) is 1.32. The number of methoxy groups -OCH3 is 1. The van der Waals surface area contributed by atoms with Gasteiger partial charge in [-0.25, -0.2) is 4.98 Å². The van der Waals surface area contributed by atoms with E-state index in [1.165, 1.54) is 0 Å². The van der Waals surface area contributed by atoms with Gasteiger partial charge in [0.15, 0.2) is 16.7 Å². The maximum Gasteiger partial charge on any atom is 0.174 e. The minimum atomic E-state index is 0.531. The first-order chi connectivity index (χ1) is 8.77. The minimum Gasteiger partial charge on any atom is -0.493 e. The summed E-state index contributed by atoms with van der Waals surface area (Å²) in [5, 5.41) is 6.61. The zero-order valence-corrected chi connectivity index (χ0v) is 11.5. The maximum atomic E-state index is 5.23. The Labute approximate surface area is 113 Å². The third-order valence-electron chi connectivity index (χ3n) is 2.18. The molecule has 0 unspecified atom stereocenters. The Hall–Kier alpha value is -1.40. The molecule has 0 aromatic carbocycles. The number of nitrogens with one attached hydrogen (secondary N) is 2. The van der Waals surface area contributed by atoms with Crippen molar-refractivity contribution in [2.75, 3.05) is 32.2 Å². The van der Waals surface area contributed by atoms with Gasteiger partial charge in [0.1, 0.15) is 0 Å². The van der Waals surface area contributed by atoms with Gasteiger partial charge in [0.05, 0.1) is 7.11 Å². The molecule has 0 atom stereocenters. The van der Waals surface area contributed by atoms with E-state index in [9.17, 15) is 0 Å². The molecule has 100 valence electrons. The number of hydrogen-bond donors (Lipinski definition) is 2. The van der Waals surface area contributed by atoms with Crippen molar-refractivity contribution in [2.24, 2.45) is 0 Å². The lowest BCUT2D eigenvalue weighted by atomic mass is 10.4. The van der Waals surface area contributed by atoms with Gasteiger partial charge >= 0.3 is 0 Å². The normalized spacial score (nSPS) is 9.89. The number of nitrogens with zero attached hydrogens (tertiary/aromatic N) is 1. The third-order valence-corrected chi connectivity index (χ3v) is 2.42. The molecular weight excluding hydrogens is 250 g/mol. The van der Waals surface area contributed by atoms with Gasteiger partial charge in [-0.3, -0.25) is 0 Å². The van der Waals surface area contributed by atoms with E-state index in [-0.39, 0.29) is 0 Å². The van der Waals surface area contributed by atoms with Crippen LogP contribution >= 0.6 is 12.2 Å². The van der Waals surface area contributed by atoms with E-state index in [0.717, 1.165) is 26.2 Å². The van der Waals surface area contributed by atoms with Crippen molar-refractivity contribution in [1.82, 2.24) is 10.3 Å². The predicted octanol–water partition coefficient (Wildman–Crippen LogP) is 1.80. The molecule has 0 fully saturated rings. The zero-order valence-electron chi connectivity index (χ0n) is 10.7. The first kappa shape index (κ1) is 14.7. The van der Waals surface area contributed by atoms with Crippen LogP contribution in [-0.2, 0) is 4.74 Å². The van der Waals surface area contributed by atoms with Crippen molar-refractivity contribution >= 4 is 23.1 Å². The van der Waals surface area contributed by atoms with Crippen molar-refractivity contribution < 1.29 is 9.47 Å². The number of ether oxygens (including phenoxy) is 2. The Morgan fingerprint density at radius 3 is 3.06 bits per heavy atom. The topological polar surface area (TPSA) is 55.4 Å². The molecule has 0 saturated heterocycles. The molecule has 0 aliphatic rings. The van der Waals surface area contributed by atoms with Gasteiger partial charge in [0.2, 0.25) is 0 Å². The quantitative estimate of drug-likeness (QED) is 0.581. The average Bonchev–Trinajstić information content (AvgIpc) is 2.39. The molecule has 0 aliphatic carbocycles. The molecular formula is C12H19N3O2S. The van der Waals surface area contributed by atoms with E-state index in [1.807, 2.05) is 19.1 Å². The molecule has 0 radical (unpaired) electrons. The maximum absolute atomic E-state index is 5.23. The zero-order chi connectivity index (χ0) is 13.2. The second-order valence-electron chi connectivity index (χ2n) is 3.49. The molecule has 0 spiro atoms. The predicted molar refractivity (Wildman–Crippen MR) is 76.1 cm³/mol. The summed E-state index contributed by atoms with van der Waals surface area (Å²) < 4.78 is 10.4. The highest BCUT2D eigenvalue weighted by Crippen LogP contribution is 2.19. The van der Waals surface area contributed by atoms with Crippen molar-refractivity contribution in [1.29, 1.82) is 0 Å². The van der Waals surface area contributed by atoms with Crippen LogP contribution in [0.5, 0.6) is 5.75 Å². The summed E-state index contributed by atoms with van der Waals surface area (Å²) >= 11 is 5.16. The van der Waals surface area contributed by atoms with Crippen LogP contribution in [0.25, 0.3) is 0 Å². The second kappa shape index (κ2) is 8.66. The molecule has 1 heterocycles. The van der Waals surface area contributed by atoms with Crippen LogP contribution in [0, 0.1) is 0 Å². The lowest BCUT2D eigenvalue weighted by molar-refractivity contribution is 0.146. The summed E-state index contributed by atoms with van der Waals surface area (Å²) in [6, 6.07) is 3.63. The summed E-state index contributed by atoms with van der Waals surface area (Å²) in [7, 11) is 1.60. The highest BCUT2D eigenvalue weighted by atomic mass is 32.1. The van der Waals surface area contributed by atoms with Gasteiger partial charge in [0.25, 0.3) is 0 Å². The lowest BCUT2D eigenvalue weighted by Gasteiger charge is -2.12. The summed E-state index contributed by atoms with van der Waals surface area (Å²) in [5.74, 6) is 1.28. The number of pyridine rings is 1. The smallest absolute Gasteiger partial charge is 0.174 e. The van der Waals surface area contributed by atoms with E-state index in [0.29, 0.717) is 16.7 Å². The molecule has 2 N–H and O–H groups in total. The lowest BCUT2D eigenvalue weighted by Crippen LogP contribution is -2.30. The van der Waals surface area contributed by atoms with Gasteiger partial charge in [-0.1, -0.05) is 0 Å². The van der Waals surface area contributed by atoms with Crippen LogP contribution in [0.4, 0.5) is 5.82 Å². The second-order valence-corrected chi connectivity index (χ2v) is 3.89. The van der Waals surface area contributed by atoms with Crippen LogP contribution in [0.15, 0.2) is 18.3 Å². The average molecular weight is 269 g/mol. The fraction of sp³-hybridized carbons (Fsp3) is 0.500. The highest BCUT2D eigenvalue weighted by molar-refractivity contribution is 7.80. The van der Waals surface area contributed by atoms with Gasteiger partial charge < -0.3 is 20.1 Å². The molecule has 1 aromatic heterocycles. The molecule has 18 heavy (non-hydrogen) atoms. The Kier molecular flexibility index (Phi) is 7.05. The molecule has 5 nitrogen and oxygen atoms in total. The van der Waals surface area contributed by atoms with Gasteiger partial charge in [-0.15, -0.1) is 0 Å². The summed E-state index contributed by atoms with van der Waals surface area (Å²) in [6.45, 7) is 4.22. The molecule has 0 saturated carbocycles. The molecule has 6 heteroatoms. The van der Waals surface area contributed by atoms with Crippen LogP contribution in [0.2, 0.25) is 0 Å². The van der Waals surface area contributed by atoms with Gasteiger partial charge in [-0.2, -0.15) is 0 Å². The first-order valence-corrected chi connectivity index (χ1v) is 6.30. The van der Waals surface area contributed by atoms with Crippen LogP contribution in [-0.4, -0.2) is 37.0 Å². The number of thiocarbonyl (C=S) groups is 1. The number of aromatic nitrogens is 1. The number of anilines is 1. The highest BCUT2D eigenvalue weighted by Gasteiger charge is 2.04. The Bertz CT molecular complexity index is 374. The van der Waals surface area contributed by atoms with Crippen molar-refractivity contribution in [3.05, 3.63) is 18.3 Å². The molecule has 0 amide bonds. The van der Waals surface area contributed by atoms with Crippen molar-refractivity contribution in [3.8, 4) is 5.75 Å². The standard InChI is InChI=1S/C12H19N3O2S/c1-3-17-9-5-8-14-12(18)15-11-10(16-2)6-4-7-13-11/h4,6-7H,3,5,8-9H2,1-2H3,(H2,13,14,15,18). The fourth-order valence-corrected chi connectivity index (χ4v) is 1.52. The molecule has 1 aromatic rings. The Balaban J connectivity index is 2.31. The Morgan fingerprint density at radius 1 is 1.50 bits per heavy atom. The molecule has 1 rings (SSSR count). The minimum absolute atomic E-state index is 0.531. The summed E-state index contributed by atoms with van der Waals surface area (Å²) in [6.07, 6.45) is 2.59. The van der Waals surface area contributed by atoms with Crippen molar-refractivity contribution in [3.63, 3.8) is 0 Å². The van der Waals surface area contributed by atoms with Crippen molar-refractivity contribution in [2.45, 2.75) is 13.3 Å². The van der Waals surface area contributed by atoms with Gasteiger partial charge in [0, 0.05) is 26.0 Å². The number of hydrogen-bond acceptors (Lipinski definition) is 4. The monoisotopic (exact) mass is 269 g/mol. The van der Waals surface area contributed by atoms with Crippen LogP contribution in [0.3, 0.4) is 0 Å². The van der Waals surface area contributed by atoms with E-state index in [2.05, 4.69) is 15.6 Å². The summed E-state index contributed by atoms with van der Waals surface area (Å²) in [5.41, 5.74) is 0. The van der Waals surface area contributed by atoms with E-state index in [4.69, 9.17) is 21.7 Å². The summed E-state index contributed by atoms with van der Waals surface area (Å²) in [4.78, 5) is 4.16. The van der Waals surface area contributed by atoms with E-state index >= 15 is 0 Å². The Morgan fingerprint density at radius 2 is 2.33 bits per heavy atom. The SMILES string of the molecule is CCOCCCNC(=S)Nc1ncccc1OC. The number of rotatable bonds is 7. The van der Waals surface area contributed by atoms with E-state index < -0.39 is 0 Å². The molecule has 0 aliphatic heterocycles. The van der Waals surface area contributed by atoms with Crippen LogP contribution in [0.1, 0.15) is 13.3 Å². The van der Waals surface area contributed by atoms with E-state index in [1.54, 1.807) is 13.3 Å². The largest absolute Gasteiger partial charge is 0.493 e. The van der Waals surface area contributed by atoms with Crippen LogP contribution < -0.4 is 15.4 Å². The van der Waals surface area contributed by atoms with Gasteiger partial charge in [-0.05, 0) is 37.7 Å².